The van der Waals surface area contributed by atoms with Gasteiger partial charge in [-0.05, 0) is 112 Å². The van der Waals surface area contributed by atoms with Crippen molar-refractivity contribution in [2.24, 2.45) is 0 Å². The summed E-state index contributed by atoms with van der Waals surface area (Å²) in [7, 11) is 0. The Morgan fingerprint density at radius 3 is 1.64 bits per heavy atom. The minimum atomic E-state index is 0.105. The van der Waals surface area contributed by atoms with Gasteiger partial charge in [-0.1, -0.05) is 141 Å². The summed E-state index contributed by atoms with van der Waals surface area (Å²) in [5.74, 6) is 0. The largest absolute Gasteiger partial charge is 0.311 e. The second-order valence-corrected chi connectivity index (χ2v) is 17.0. The molecule has 0 N–H and O–H groups in total. The Bertz CT molecular complexity index is 2730. The molecule has 0 aromatic heterocycles. The number of hydrogen-bond acceptors (Lipinski definition) is 2. The van der Waals surface area contributed by atoms with Gasteiger partial charge in [0.2, 0.25) is 0 Å². The maximum Gasteiger partial charge on any atom is 0.252 e. The van der Waals surface area contributed by atoms with E-state index in [1.807, 2.05) is 0 Å². The number of nitrogens with zero attached hydrogens (tertiary/aromatic N) is 2. The number of hydrogen-bond donors (Lipinski definition) is 0. The quantitative estimate of drug-likeness (QED) is 0.165. The maximum absolute atomic E-state index is 2.64. The molecule has 2 spiro atoms. The predicted octanol–water partition coefficient (Wildman–Crippen LogP) is 11.5. The Kier molecular flexibility index (Phi) is 6.06. The third-order valence-electron chi connectivity index (χ3n) is 14.7. The van der Waals surface area contributed by atoms with Gasteiger partial charge in [-0.25, -0.2) is 0 Å². The van der Waals surface area contributed by atoms with E-state index in [-0.39, 0.29) is 17.5 Å². The van der Waals surface area contributed by atoms with Gasteiger partial charge in [-0.15, -0.1) is 0 Å². The van der Waals surface area contributed by atoms with Gasteiger partial charge < -0.3 is 9.80 Å². The van der Waals surface area contributed by atoms with Crippen molar-refractivity contribution in [3.8, 4) is 22.3 Å². The first-order chi connectivity index (χ1) is 27.3. The lowest BCUT2D eigenvalue weighted by Crippen LogP contribution is -2.61. The van der Waals surface area contributed by atoms with Gasteiger partial charge >= 0.3 is 0 Å². The third kappa shape index (κ3) is 3.73. The Morgan fingerprint density at radius 2 is 0.909 bits per heavy atom. The van der Waals surface area contributed by atoms with Crippen LogP contribution in [0.1, 0.15) is 73.6 Å². The van der Waals surface area contributed by atoms with Crippen LogP contribution < -0.4 is 26.2 Å². The molecule has 2 fully saturated rings. The van der Waals surface area contributed by atoms with Gasteiger partial charge in [0.15, 0.2) is 0 Å². The maximum atomic E-state index is 2.64. The smallest absolute Gasteiger partial charge is 0.252 e. The van der Waals surface area contributed by atoms with Gasteiger partial charge in [0.1, 0.15) is 0 Å². The van der Waals surface area contributed by atoms with E-state index in [0.717, 1.165) is 0 Å². The number of fused-ring (bicyclic) bond motifs is 15. The molecule has 55 heavy (non-hydrogen) atoms. The molecule has 0 radical (unpaired) electrons. The van der Waals surface area contributed by atoms with Crippen LogP contribution in [0.5, 0.6) is 0 Å². The molecule has 6 aliphatic rings. The fourth-order valence-corrected chi connectivity index (χ4v) is 12.7. The molecular weight excluding hydrogens is 663 g/mol. The van der Waals surface area contributed by atoms with Gasteiger partial charge in [-0.3, -0.25) is 0 Å². The highest BCUT2D eigenvalue weighted by Crippen LogP contribution is 2.62. The molecule has 4 aliphatic carbocycles. The van der Waals surface area contributed by atoms with Gasteiger partial charge in [0.25, 0.3) is 6.71 Å². The van der Waals surface area contributed by atoms with E-state index in [0.29, 0.717) is 0 Å². The number of rotatable bonds is 2. The standard InChI is InChI=1S/C52H41BN2/c1-2-16-34(17-3-1)54-45-26-15-27-46-49(45)53(42-29-28-40-48(50(42)54)36-19-5-7-21-38(36)52(40)32-12-13-33-52)41-23-8-9-24-43(41)55(46)44-25-14-22-39-47(44)35-18-4-6-20-37(35)51(39)30-10-11-31-51/h1-9,14-29H,10-13,30-33H2. The fraction of sp³-hybridized carbons (Fsp3) is 0.192. The Morgan fingerprint density at radius 1 is 0.382 bits per heavy atom. The Labute approximate surface area is 324 Å². The zero-order valence-electron chi connectivity index (χ0n) is 31.1. The van der Waals surface area contributed by atoms with Crippen molar-refractivity contribution in [1.82, 2.24) is 0 Å². The van der Waals surface area contributed by atoms with E-state index in [1.54, 1.807) is 0 Å². The monoisotopic (exact) mass is 704 g/mol. The van der Waals surface area contributed by atoms with Gasteiger partial charge in [0.05, 0.1) is 5.69 Å². The Balaban J connectivity index is 1.11. The zero-order valence-corrected chi connectivity index (χ0v) is 31.1. The van der Waals surface area contributed by atoms with Crippen LogP contribution in [0.15, 0.2) is 152 Å². The molecule has 13 rings (SSSR count). The molecule has 2 nitrogen and oxygen atoms in total. The minimum absolute atomic E-state index is 0.105. The summed E-state index contributed by atoms with van der Waals surface area (Å²) in [6.45, 7) is 0.108. The van der Waals surface area contributed by atoms with Crippen molar-refractivity contribution >= 4 is 57.2 Å². The molecule has 2 heterocycles. The molecule has 2 saturated carbocycles. The van der Waals surface area contributed by atoms with Crippen molar-refractivity contribution in [2.45, 2.75) is 62.2 Å². The number of benzene rings is 7. The normalized spacial score (nSPS) is 18.1. The molecule has 0 atom stereocenters. The van der Waals surface area contributed by atoms with Crippen LogP contribution in [0, 0.1) is 0 Å². The molecule has 262 valence electrons. The molecule has 3 heteroatoms. The molecular formula is C52H41BN2. The van der Waals surface area contributed by atoms with Crippen molar-refractivity contribution in [1.29, 1.82) is 0 Å². The molecule has 7 aromatic carbocycles. The summed E-state index contributed by atoms with van der Waals surface area (Å²) in [5, 5.41) is 0. The van der Waals surface area contributed by atoms with E-state index >= 15 is 0 Å². The van der Waals surface area contributed by atoms with E-state index in [2.05, 4.69) is 161 Å². The first-order valence-corrected chi connectivity index (χ1v) is 20.7. The molecule has 0 unspecified atom stereocenters. The minimum Gasteiger partial charge on any atom is -0.311 e. The van der Waals surface area contributed by atoms with Crippen molar-refractivity contribution in [3.63, 3.8) is 0 Å². The summed E-state index contributed by atoms with van der Waals surface area (Å²) in [4.78, 5) is 5.28. The topological polar surface area (TPSA) is 6.48 Å². The first kappa shape index (κ1) is 30.5. The average Bonchev–Trinajstić information content (AvgIpc) is 4.05. The lowest BCUT2D eigenvalue weighted by Gasteiger charge is -2.45. The van der Waals surface area contributed by atoms with E-state index < -0.39 is 0 Å². The van der Waals surface area contributed by atoms with Crippen LogP contribution >= 0.6 is 0 Å². The lowest BCUT2D eigenvalue weighted by molar-refractivity contribution is 0.550. The SMILES string of the molecule is c1ccc(N2c3cccc4c3B(c3ccccc3N4c3cccc4c3-c3ccccc3C43CCCC3)c3ccc4c(c32)-c2ccccc2C42CCCC2)cc1. The van der Waals surface area contributed by atoms with Crippen molar-refractivity contribution in [3.05, 3.63) is 174 Å². The second kappa shape index (κ2) is 10.9. The molecule has 2 aliphatic heterocycles. The van der Waals surface area contributed by atoms with Crippen LogP contribution in [-0.4, -0.2) is 6.71 Å². The zero-order chi connectivity index (χ0) is 35.9. The van der Waals surface area contributed by atoms with Crippen LogP contribution in [0.25, 0.3) is 22.3 Å². The van der Waals surface area contributed by atoms with Crippen LogP contribution in [0.3, 0.4) is 0 Å². The van der Waals surface area contributed by atoms with E-state index in [4.69, 9.17) is 0 Å². The van der Waals surface area contributed by atoms with Gasteiger partial charge in [0, 0.05) is 50.4 Å². The summed E-state index contributed by atoms with van der Waals surface area (Å²) in [6.07, 6.45) is 10.1. The van der Waals surface area contributed by atoms with Crippen molar-refractivity contribution in [2.75, 3.05) is 9.80 Å². The van der Waals surface area contributed by atoms with E-state index in [9.17, 15) is 0 Å². The first-order valence-electron chi connectivity index (χ1n) is 20.7. The number of anilines is 6. The highest BCUT2D eigenvalue weighted by atomic mass is 15.2. The van der Waals surface area contributed by atoms with Crippen molar-refractivity contribution < 1.29 is 0 Å². The van der Waals surface area contributed by atoms with Gasteiger partial charge in [-0.2, -0.15) is 0 Å². The van der Waals surface area contributed by atoms with Crippen LogP contribution in [0.4, 0.5) is 34.1 Å². The Hall–Kier alpha value is -5.80. The second-order valence-electron chi connectivity index (χ2n) is 17.0. The summed E-state index contributed by atoms with van der Waals surface area (Å²) < 4.78 is 0. The average molecular weight is 705 g/mol. The van der Waals surface area contributed by atoms with Crippen LogP contribution in [0.2, 0.25) is 0 Å². The molecule has 0 saturated heterocycles. The lowest BCUT2D eigenvalue weighted by atomic mass is 9.33. The highest BCUT2D eigenvalue weighted by molar-refractivity contribution is 7.00. The summed E-state index contributed by atoms with van der Waals surface area (Å²) >= 11 is 0. The molecule has 7 aromatic rings. The highest BCUT2D eigenvalue weighted by Gasteiger charge is 2.51. The molecule has 0 amide bonds. The fourth-order valence-electron chi connectivity index (χ4n) is 12.7. The third-order valence-corrected chi connectivity index (χ3v) is 14.7. The summed E-state index contributed by atoms with van der Waals surface area (Å²) in [5.41, 5.74) is 24.1. The number of para-hydroxylation sites is 2. The summed E-state index contributed by atoms with van der Waals surface area (Å²) in [6, 6.07) is 58.6. The van der Waals surface area contributed by atoms with E-state index in [1.165, 1.54) is 146 Å². The predicted molar refractivity (Wildman–Crippen MR) is 230 cm³/mol. The van der Waals surface area contributed by atoms with Crippen LogP contribution in [-0.2, 0) is 10.8 Å². The molecule has 0 bridgehead atoms.